The number of rotatable bonds is 3. The third kappa shape index (κ3) is 2.88. The van der Waals surface area contributed by atoms with E-state index in [1.807, 2.05) is 0 Å². The molecule has 0 aromatic heterocycles. The van der Waals surface area contributed by atoms with E-state index in [0.29, 0.717) is 24.0 Å². The number of phenolic OH excluding ortho intramolecular Hbond substituents is 2. The van der Waals surface area contributed by atoms with E-state index < -0.39 is 17.7 Å². The molecule has 1 aromatic carbocycles. The van der Waals surface area contributed by atoms with E-state index in [2.05, 4.69) is 20.8 Å². The Bertz CT molecular complexity index is 908. The van der Waals surface area contributed by atoms with Crippen molar-refractivity contribution in [2.24, 2.45) is 22.7 Å². The zero-order chi connectivity index (χ0) is 21.4. The van der Waals surface area contributed by atoms with E-state index >= 15 is 0 Å². The Labute approximate surface area is 170 Å². The number of fused-ring (bicyclic) bond motifs is 3. The Morgan fingerprint density at radius 3 is 2.52 bits per heavy atom. The van der Waals surface area contributed by atoms with Crippen LogP contribution in [0.3, 0.4) is 0 Å². The van der Waals surface area contributed by atoms with Gasteiger partial charge in [0.2, 0.25) is 0 Å². The molecule has 0 aliphatic heterocycles. The Morgan fingerprint density at radius 1 is 1.21 bits per heavy atom. The lowest BCUT2D eigenvalue weighted by Gasteiger charge is -2.60. The smallest absolute Gasteiger partial charge is 0.342 e. The average Bonchev–Trinajstić information content (AvgIpc) is 2.81. The third-order valence-corrected chi connectivity index (χ3v) is 7.32. The first-order valence-electron chi connectivity index (χ1n) is 10.0. The van der Waals surface area contributed by atoms with Crippen LogP contribution in [-0.2, 0) is 9.53 Å². The lowest BCUT2D eigenvalue weighted by atomic mass is 9.46. The van der Waals surface area contributed by atoms with Crippen molar-refractivity contribution < 1.29 is 29.6 Å². The highest BCUT2D eigenvalue weighted by molar-refractivity contribution is 5.94. The van der Waals surface area contributed by atoms with E-state index in [0.717, 1.165) is 18.8 Å². The molecule has 0 saturated heterocycles. The second-order valence-corrected chi connectivity index (χ2v) is 10.1. The maximum Gasteiger partial charge on any atom is 0.342 e. The van der Waals surface area contributed by atoms with Gasteiger partial charge in [0.05, 0.1) is 5.60 Å². The van der Waals surface area contributed by atoms with Crippen molar-refractivity contribution in [3.63, 3.8) is 0 Å². The molecular weight excluding hydrogens is 372 g/mol. The molecule has 6 heteroatoms. The molecule has 0 heterocycles. The SMILES string of the molecule is Cc1cc(O)cc(O)c1C(=O)O[C@@H]1C[C@@]2(C)[C@@H]1C(C=O)=C[C@]1(O)CC(C)(C)C[C@H]21. The van der Waals surface area contributed by atoms with Crippen LogP contribution < -0.4 is 0 Å². The zero-order valence-corrected chi connectivity index (χ0v) is 17.2. The number of aromatic hydroxyl groups is 2. The summed E-state index contributed by atoms with van der Waals surface area (Å²) in [4.78, 5) is 24.6. The van der Waals surface area contributed by atoms with Crippen molar-refractivity contribution in [3.8, 4) is 11.5 Å². The fourth-order valence-electron chi connectivity index (χ4n) is 6.35. The summed E-state index contributed by atoms with van der Waals surface area (Å²) >= 11 is 0. The molecule has 2 saturated carbocycles. The lowest BCUT2D eigenvalue weighted by molar-refractivity contribution is -0.163. The number of hydrogen-bond donors (Lipinski definition) is 3. The summed E-state index contributed by atoms with van der Waals surface area (Å²) in [5.74, 6) is -1.42. The van der Waals surface area contributed by atoms with Gasteiger partial charge in [-0.05, 0) is 66.2 Å². The van der Waals surface area contributed by atoms with Crippen molar-refractivity contribution in [2.75, 3.05) is 0 Å². The Hall–Kier alpha value is -2.34. The summed E-state index contributed by atoms with van der Waals surface area (Å²) in [6.07, 6.45) is 3.97. The van der Waals surface area contributed by atoms with Gasteiger partial charge in [0.15, 0.2) is 0 Å². The standard InChI is InChI=1S/C23H28O6/c1-12-5-14(25)6-15(26)18(12)20(27)29-16-8-22(4)17-9-21(2,3)11-23(17,28)7-13(10-24)19(16)22/h5-7,10,16-17,19,25-26,28H,8-9,11H2,1-4H3/t16-,17-,19-,22-,23+/m1/s1. The van der Waals surface area contributed by atoms with E-state index in [9.17, 15) is 24.9 Å². The predicted octanol–water partition coefficient (Wildman–Crippen LogP) is 3.26. The summed E-state index contributed by atoms with van der Waals surface area (Å²) in [6.45, 7) is 7.93. The van der Waals surface area contributed by atoms with Gasteiger partial charge in [-0.3, -0.25) is 4.79 Å². The van der Waals surface area contributed by atoms with Crippen LogP contribution in [0.2, 0.25) is 0 Å². The number of aliphatic hydroxyl groups is 1. The molecule has 29 heavy (non-hydrogen) atoms. The van der Waals surface area contributed by atoms with Crippen LogP contribution in [0.4, 0.5) is 0 Å². The van der Waals surface area contributed by atoms with Crippen LogP contribution in [0.5, 0.6) is 11.5 Å². The molecule has 0 radical (unpaired) electrons. The number of hydrogen-bond acceptors (Lipinski definition) is 6. The number of esters is 1. The topological polar surface area (TPSA) is 104 Å². The minimum atomic E-state index is -1.01. The fraction of sp³-hybridized carbons (Fsp3) is 0.565. The molecule has 3 aliphatic carbocycles. The van der Waals surface area contributed by atoms with Gasteiger partial charge in [0.25, 0.3) is 0 Å². The van der Waals surface area contributed by atoms with Gasteiger partial charge < -0.3 is 20.1 Å². The molecule has 1 aromatic rings. The van der Waals surface area contributed by atoms with Crippen LogP contribution in [-0.4, -0.2) is 39.3 Å². The first-order chi connectivity index (χ1) is 13.4. The second-order valence-electron chi connectivity index (χ2n) is 10.1. The summed E-state index contributed by atoms with van der Waals surface area (Å²) in [5.41, 5.74) is -0.451. The Kier molecular flexibility index (Phi) is 4.18. The molecule has 0 spiro atoms. The summed E-state index contributed by atoms with van der Waals surface area (Å²) in [6, 6.07) is 2.49. The van der Waals surface area contributed by atoms with Crippen LogP contribution >= 0.6 is 0 Å². The number of carbonyl (C=O) groups is 2. The van der Waals surface area contributed by atoms with Crippen molar-refractivity contribution in [2.45, 2.75) is 58.7 Å². The average molecular weight is 400 g/mol. The highest BCUT2D eigenvalue weighted by atomic mass is 16.5. The molecule has 3 aliphatic rings. The number of phenols is 2. The molecular formula is C23H28O6. The molecule has 0 bridgehead atoms. The van der Waals surface area contributed by atoms with E-state index in [1.54, 1.807) is 13.0 Å². The molecule has 6 nitrogen and oxygen atoms in total. The summed E-state index contributed by atoms with van der Waals surface area (Å²) in [7, 11) is 0. The van der Waals surface area contributed by atoms with Crippen LogP contribution in [0, 0.1) is 29.6 Å². The highest BCUT2D eigenvalue weighted by Crippen LogP contribution is 2.68. The Morgan fingerprint density at radius 2 is 1.90 bits per heavy atom. The summed E-state index contributed by atoms with van der Waals surface area (Å²) < 4.78 is 5.71. The number of aryl methyl sites for hydroxylation is 1. The minimum Gasteiger partial charge on any atom is -0.508 e. The van der Waals surface area contributed by atoms with Gasteiger partial charge in [-0.15, -0.1) is 0 Å². The van der Waals surface area contributed by atoms with Crippen molar-refractivity contribution in [1.82, 2.24) is 0 Å². The van der Waals surface area contributed by atoms with E-state index in [4.69, 9.17) is 4.74 Å². The lowest BCUT2D eigenvalue weighted by Crippen LogP contribution is -2.62. The quantitative estimate of drug-likeness (QED) is 0.531. The third-order valence-electron chi connectivity index (χ3n) is 7.32. The highest BCUT2D eigenvalue weighted by Gasteiger charge is 2.68. The fourth-order valence-corrected chi connectivity index (χ4v) is 6.35. The van der Waals surface area contributed by atoms with Gasteiger partial charge in [0, 0.05) is 12.0 Å². The molecule has 4 rings (SSSR count). The number of ether oxygens (including phenoxy) is 1. The molecule has 0 amide bonds. The summed E-state index contributed by atoms with van der Waals surface area (Å²) in [5, 5.41) is 30.9. The van der Waals surface area contributed by atoms with Crippen LogP contribution in [0.1, 0.15) is 56.0 Å². The first kappa shape index (κ1) is 20.0. The van der Waals surface area contributed by atoms with Crippen molar-refractivity contribution in [3.05, 3.63) is 34.9 Å². The normalized spacial score (nSPS) is 37.0. The molecule has 3 N–H and O–H groups in total. The van der Waals surface area contributed by atoms with Gasteiger partial charge in [-0.2, -0.15) is 0 Å². The van der Waals surface area contributed by atoms with Gasteiger partial charge >= 0.3 is 5.97 Å². The largest absolute Gasteiger partial charge is 0.508 e. The van der Waals surface area contributed by atoms with Crippen molar-refractivity contribution in [1.29, 1.82) is 0 Å². The van der Waals surface area contributed by atoms with Gasteiger partial charge in [-0.25, -0.2) is 4.79 Å². The molecule has 2 fully saturated rings. The maximum absolute atomic E-state index is 12.7. The Balaban J connectivity index is 1.63. The number of aldehydes is 1. The van der Waals surface area contributed by atoms with E-state index in [1.165, 1.54) is 6.07 Å². The zero-order valence-electron chi connectivity index (χ0n) is 17.2. The minimum absolute atomic E-state index is 0.00235. The first-order valence-corrected chi connectivity index (χ1v) is 10.0. The molecule has 156 valence electrons. The number of carbonyl (C=O) groups excluding carboxylic acids is 2. The predicted molar refractivity (Wildman–Crippen MR) is 106 cm³/mol. The number of benzene rings is 1. The monoisotopic (exact) mass is 400 g/mol. The second kappa shape index (κ2) is 6.08. The van der Waals surface area contributed by atoms with Gasteiger partial charge in [-0.1, -0.05) is 20.8 Å². The van der Waals surface area contributed by atoms with Crippen LogP contribution in [0.15, 0.2) is 23.8 Å². The maximum atomic E-state index is 12.7. The van der Waals surface area contributed by atoms with E-state index in [-0.39, 0.29) is 39.7 Å². The van der Waals surface area contributed by atoms with Crippen molar-refractivity contribution >= 4 is 12.3 Å². The van der Waals surface area contributed by atoms with Crippen LogP contribution in [0.25, 0.3) is 0 Å². The molecule has 5 atom stereocenters. The van der Waals surface area contributed by atoms with Gasteiger partial charge in [0.1, 0.15) is 29.5 Å². The molecule has 0 unspecified atom stereocenters.